The average Bonchev–Trinajstić information content (AvgIpc) is 2.19. The molecule has 1 aromatic rings. The fraction of sp³-hybridized carbons (Fsp3) is 0.455. The fourth-order valence-corrected chi connectivity index (χ4v) is 2.85. The van der Waals surface area contributed by atoms with E-state index in [2.05, 4.69) is 31.9 Å². The van der Waals surface area contributed by atoms with Gasteiger partial charge in [-0.1, -0.05) is 37.9 Å². The Bertz CT molecular complexity index is 295. The van der Waals surface area contributed by atoms with Gasteiger partial charge in [0, 0.05) is 10.7 Å². The van der Waals surface area contributed by atoms with Crippen molar-refractivity contribution in [3.8, 4) is 0 Å². The molecule has 0 saturated carbocycles. The van der Waals surface area contributed by atoms with E-state index in [1.54, 1.807) is 6.07 Å². The van der Waals surface area contributed by atoms with Crippen LogP contribution >= 0.6 is 31.9 Å². The van der Waals surface area contributed by atoms with Gasteiger partial charge in [-0.3, -0.25) is 0 Å². The lowest BCUT2D eigenvalue weighted by atomic mass is 9.99. The van der Waals surface area contributed by atoms with E-state index in [1.807, 2.05) is 13.0 Å². The van der Waals surface area contributed by atoms with Gasteiger partial charge in [0.25, 0.3) is 0 Å². The zero-order valence-electron chi connectivity index (χ0n) is 8.06. The van der Waals surface area contributed by atoms with Gasteiger partial charge in [0.2, 0.25) is 0 Å². The molecule has 0 radical (unpaired) electrons. The Labute approximate surface area is 101 Å². The first-order valence-corrected chi connectivity index (χ1v) is 6.78. The summed E-state index contributed by atoms with van der Waals surface area (Å²) in [5.74, 6) is 0.379. The van der Waals surface area contributed by atoms with Crippen molar-refractivity contribution in [3.05, 3.63) is 35.1 Å². The van der Waals surface area contributed by atoms with E-state index >= 15 is 0 Å². The van der Waals surface area contributed by atoms with Gasteiger partial charge in [0.15, 0.2) is 0 Å². The molecule has 0 amide bonds. The van der Waals surface area contributed by atoms with Crippen molar-refractivity contribution >= 4 is 31.9 Å². The maximum Gasteiger partial charge on any atom is 0.123 e. The molecule has 0 spiro atoms. The van der Waals surface area contributed by atoms with Gasteiger partial charge in [-0.05, 0) is 42.5 Å². The molecule has 3 heteroatoms. The van der Waals surface area contributed by atoms with Crippen molar-refractivity contribution in [2.45, 2.75) is 13.3 Å². The Balaban J connectivity index is 2.79. The largest absolute Gasteiger partial charge is 0.207 e. The number of aryl methyl sites for hydroxylation is 1. The first-order chi connectivity index (χ1) is 6.67. The summed E-state index contributed by atoms with van der Waals surface area (Å²) in [6.45, 7) is 2.02. The molecule has 0 N–H and O–H groups in total. The van der Waals surface area contributed by atoms with E-state index in [4.69, 9.17) is 0 Å². The van der Waals surface area contributed by atoms with E-state index in [1.165, 1.54) is 11.6 Å². The van der Waals surface area contributed by atoms with Gasteiger partial charge in [-0.15, -0.1) is 0 Å². The van der Waals surface area contributed by atoms with Crippen molar-refractivity contribution in [2.24, 2.45) is 5.92 Å². The second kappa shape index (κ2) is 5.86. The summed E-state index contributed by atoms with van der Waals surface area (Å²) in [4.78, 5) is 0. The maximum absolute atomic E-state index is 13.0. The number of hydrogen-bond acceptors (Lipinski definition) is 0. The zero-order chi connectivity index (χ0) is 10.6. The minimum Gasteiger partial charge on any atom is -0.207 e. The second-order valence-electron chi connectivity index (χ2n) is 3.45. The third-order valence-electron chi connectivity index (χ3n) is 2.26. The Morgan fingerprint density at radius 2 is 1.93 bits per heavy atom. The van der Waals surface area contributed by atoms with E-state index in [0.29, 0.717) is 5.92 Å². The number of hydrogen-bond donors (Lipinski definition) is 0. The van der Waals surface area contributed by atoms with Crippen molar-refractivity contribution in [1.29, 1.82) is 0 Å². The fourth-order valence-electron chi connectivity index (χ4n) is 1.32. The van der Waals surface area contributed by atoms with E-state index in [-0.39, 0.29) is 5.82 Å². The molecular formula is C11H13Br2F. The van der Waals surface area contributed by atoms with Crippen LogP contribution in [0.3, 0.4) is 0 Å². The van der Waals surface area contributed by atoms with Gasteiger partial charge in [0.1, 0.15) is 5.82 Å². The highest BCUT2D eigenvalue weighted by Gasteiger charge is 2.09. The van der Waals surface area contributed by atoms with Crippen molar-refractivity contribution in [3.63, 3.8) is 0 Å². The Hall–Kier alpha value is 0.110. The van der Waals surface area contributed by atoms with Crippen molar-refractivity contribution < 1.29 is 4.39 Å². The maximum atomic E-state index is 13.0. The molecule has 0 aliphatic heterocycles. The summed E-state index contributed by atoms with van der Waals surface area (Å²) in [7, 11) is 0. The summed E-state index contributed by atoms with van der Waals surface area (Å²) < 4.78 is 13.0. The Morgan fingerprint density at radius 3 is 2.50 bits per heavy atom. The van der Waals surface area contributed by atoms with E-state index < -0.39 is 0 Å². The highest BCUT2D eigenvalue weighted by molar-refractivity contribution is 9.09. The molecule has 0 unspecified atom stereocenters. The number of rotatable bonds is 4. The van der Waals surface area contributed by atoms with Crippen LogP contribution in [0.25, 0.3) is 0 Å². The van der Waals surface area contributed by atoms with E-state index in [0.717, 1.165) is 22.6 Å². The van der Waals surface area contributed by atoms with Crippen LogP contribution in [-0.2, 0) is 6.42 Å². The molecule has 1 aromatic carbocycles. The highest BCUT2D eigenvalue weighted by atomic mass is 79.9. The standard InChI is InChI=1S/C11H13Br2F/c1-8-2-3-11(14)5-10(8)4-9(6-12)7-13/h2-3,5,9H,4,6-7H2,1H3. The first-order valence-electron chi connectivity index (χ1n) is 4.54. The van der Waals surface area contributed by atoms with Crippen molar-refractivity contribution in [2.75, 3.05) is 10.7 Å². The monoisotopic (exact) mass is 322 g/mol. The molecule has 0 nitrogen and oxygen atoms in total. The average molecular weight is 324 g/mol. The summed E-state index contributed by atoms with van der Waals surface area (Å²) in [6.07, 6.45) is 0.917. The summed E-state index contributed by atoms with van der Waals surface area (Å²) in [5, 5.41) is 1.88. The van der Waals surface area contributed by atoms with Gasteiger partial charge in [0.05, 0.1) is 0 Å². The minimum atomic E-state index is -0.145. The molecule has 0 atom stereocenters. The smallest absolute Gasteiger partial charge is 0.123 e. The molecule has 0 saturated heterocycles. The lowest BCUT2D eigenvalue weighted by Gasteiger charge is -2.12. The molecule has 0 aliphatic rings. The molecule has 0 bridgehead atoms. The second-order valence-corrected chi connectivity index (χ2v) is 4.74. The van der Waals surface area contributed by atoms with Crippen LogP contribution in [0.15, 0.2) is 18.2 Å². The van der Waals surface area contributed by atoms with Crippen LogP contribution in [0.1, 0.15) is 11.1 Å². The third kappa shape index (κ3) is 3.35. The predicted molar refractivity (Wildman–Crippen MR) is 65.9 cm³/mol. The number of benzene rings is 1. The SMILES string of the molecule is Cc1ccc(F)cc1CC(CBr)CBr. The number of halogens is 3. The lowest BCUT2D eigenvalue weighted by molar-refractivity contribution is 0.617. The quantitative estimate of drug-likeness (QED) is 0.732. The highest BCUT2D eigenvalue weighted by Crippen LogP contribution is 2.17. The molecule has 0 aliphatic carbocycles. The van der Waals surface area contributed by atoms with Crippen LogP contribution in [-0.4, -0.2) is 10.7 Å². The molecule has 0 fully saturated rings. The summed E-state index contributed by atoms with van der Waals surface area (Å²) in [6, 6.07) is 4.98. The molecule has 1 rings (SSSR count). The number of alkyl halides is 2. The topological polar surface area (TPSA) is 0 Å². The first kappa shape index (κ1) is 12.2. The Kier molecular flexibility index (Phi) is 5.10. The van der Waals surface area contributed by atoms with Crippen LogP contribution in [0.4, 0.5) is 4.39 Å². The van der Waals surface area contributed by atoms with Crippen LogP contribution in [0.5, 0.6) is 0 Å². The van der Waals surface area contributed by atoms with Crippen molar-refractivity contribution in [1.82, 2.24) is 0 Å². The van der Waals surface area contributed by atoms with Gasteiger partial charge >= 0.3 is 0 Å². The van der Waals surface area contributed by atoms with Crippen LogP contribution < -0.4 is 0 Å². The Morgan fingerprint density at radius 1 is 1.29 bits per heavy atom. The van der Waals surface area contributed by atoms with Crippen LogP contribution in [0.2, 0.25) is 0 Å². The molecule has 14 heavy (non-hydrogen) atoms. The lowest BCUT2D eigenvalue weighted by Crippen LogP contribution is -2.08. The molecule has 0 heterocycles. The molecule has 0 aromatic heterocycles. The minimum absolute atomic E-state index is 0.145. The molecular weight excluding hydrogens is 311 g/mol. The summed E-state index contributed by atoms with van der Waals surface area (Å²) in [5.41, 5.74) is 2.27. The van der Waals surface area contributed by atoms with E-state index in [9.17, 15) is 4.39 Å². The molecule has 78 valence electrons. The van der Waals surface area contributed by atoms with Gasteiger partial charge in [-0.25, -0.2) is 4.39 Å². The summed E-state index contributed by atoms with van der Waals surface area (Å²) >= 11 is 6.91. The van der Waals surface area contributed by atoms with Gasteiger partial charge in [-0.2, -0.15) is 0 Å². The predicted octanol–water partition coefficient (Wildman–Crippen LogP) is 4.08. The van der Waals surface area contributed by atoms with Crippen LogP contribution in [0, 0.1) is 18.7 Å². The van der Waals surface area contributed by atoms with Gasteiger partial charge < -0.3 is 0 Å². The normalized spacial score (nSPS) is 10.9. The third-order valence-corrected chi connectivity index (χ3v) is 4.09. The zero-order valence-corrected chi connectivity index (χ0v) is 11.2.